The predicted octanol–water partition coefficient (Wildman–Crippen LogP) is 6.01. The number of halogens is 3. The molecule has 7 atom stereocenters. The number of carbonyl (C=O) groups excluding carboxylic acids is 2. The van der Waals surface area contributed by atoms with Crippen LogP contribution in [0.1, 0.15) is 84.9 Å². The Bertz CT molecular complexity index is 1440. The monoisotopic (exact) mass is 651 g/mol. The zero-order valence-corrected chi connectivity index (χ0v) is 27.4. The van der Waals surface area contributed by atoms with Gasteiger partial charge in [0.2, 0.25) is 0 Å². The van der Waals surface area contributed by atoms with Gasteiger partial charge in [0.05, 0.1) is 35.3 Å². The first-order valence-electron chi connectivity index (χ1n) is 15.3. The van der Waals surface area contributed by atoms with Crippen LogP contribution in [0, 0.1) is 17.3 Å². The smallest absolute Gasteiger partial charge is 0.418 e. The number of aromatic nitrogens is 1. The van der Waals surface area contributed by atoms with Crippen LogP contribution in [-0.4, -0.2) is 56.8 Å². The summed E-state index contributed by atoms with van der Waals surface area (Å²) in [7, 11) is 0. The average molecular weight is 652 g/mol. The molecule has 0 radical (unpaired) electrons. The van der Waals surface area contributed by atoms with Crippen LogP contribution in [0.3, 0.4) is 0 Å². The van der Waals surface area contributed by atoms with Crippen LogP contribution in [0.15, 0.2) is 29.2 Å². The van der Waals surface area contributed by atoms with Gasteiger partial charge in [0.1, 0.15) is 16.9 Å². The zero-order chi connectivity index (χ0) is 33.5. The lowest BCUT2D eigenvalue weighted by Crippen LogP contribution is -2.45. The van der Waals surface area contributed by atoms with E-state index in [2.05, 4.69) is 17.2 Å². The summed E-state index contributed by atoms with van der Waals surface area (Å²) in [5, 5.41) is 27.5. The Balaban J connectivity index is 1.59. The number of nitrogens with zero attached hydrogens (tertiary/aromatic N) is 1. The molecule has 0 aliphatic carbocycles. The third kappa shape index (κ3) is 7.96. The molecule has 2 aromatic rings. The van der Waals surface area contributed by atoms with E-state index in [-0.39, 0.29) is 34.5 Å². The van der Waals surface area contributed by atoms with Crippen LogP contribution in [0.4, 0.5) is 18.9 Å². The van der Waals surface area contributed by atoms with Crippen molar-refractivity contribution in [2.45, 2.75) is 110 Å². The number of nitrogens with two attached hydrogens (primary N) is 1. The van der Waals surface area contributed by atoms with Crippen LogP contribution < -0.4 is 11.1 Å². The lowest BCUT2D eigenvalue weighted by molar-refractivity contribution is -0.154. The van der Waals surface area contributed by atoms with Crippen molar-refractivity contribution in [3.05, 3.63) is 40.4 Å². The molecule has 0 amide bonds. The largest absolute Gasteiger partial charge is 0.458 e. The molecule has 0 spiro atoms. The van der Waals surface area contributed by atoms with E-state index in [1.54, 1.807) is 39.2 Å². The van der Waals surface area contributed by atoms with Crippen molar-refractivity contribution in [3.63, 3.8) is 0 Å². The number of nitrogens with one attached hydrogen (secondary N) is 1. The summed E-state index contributed by atoms with van der Waals surface area (Å²) in [6, 6.07) is 3.74. The molecule has 1 aromatic heterocycles. The fraction of sp³-hybridized carbons (Fsp3) is 0.606. The molecule has 0 saturated carbocycles. The second-order valence-corrected chi connectivity index (χ2v) is 14.4. The second kappa shape index (κ2) is 13.1. The minimum absolute atomic E-state index is 0.0511. The molecular weight excluding hydrogens is 607 g/mol. The first-order chi connectivity index (χ1) is 20.8. The van der Waals surface area contributed by atoms with Gasteiger partial charge in [0.25, 0.3) is 0 Å². The molecule has 12 heteroatoms. The van der Waals surface area contributed by atoms with Gasteiger partial charge in [-0.05, 0) is 62.5 Å². The third-order valence-corrected chi connectivity index (χ3v) is 10.5. The number of rotatable bonds is 3. The Morgan fingerprint density at radius 3 is 2.56 bits per heavy atom. The molecule has 0 bridgehead atoms. The van der Waals surface area contributed by atoms with Crippen molar-refractivity contribution in [1.82, 2.24) is 10.3 Å². The van der Waals surface area contributed by atoms with Crippen molar-refractivity contribution in [3.8, 4) is 10.6 Å². The number of hydrogen-bond acceptors (Lipinski definition) is 9. The van der Waals surface area contributed by atoms with Crippen LogP contribution in [-0.2, 0) is 20.5 Å². The van der Waals surface area contributed by atoms with Crippen molar-refractivity contribution in [2.75, 3.05) is 5.73 Å². The van der Waals surface area contributed by atoms with E-state index in [9.17, 15) is 33.0 Å². The first-order valence-corrected chi connectivity index (χ1v) is 16.2. The molecule has 0 unspecified atom stereocenters. The molecule has 3 heterocycles. The van der Waals surface area contributed by atoms with Gasteiger partial charge in [-0.1, -0.05) is 34.1 Å². The van der Waals surface area contributed by atoms with Crippen molar-refractivity contribution < 1.29 is 37.7 Å². The number of cyclic esters (lactones) is 1. The topological polar surface area (TPSA) is 145 Å². The van der Waals surface area contributed by atoms with E-state index in [4.69, 9.17) is 10.5 Å². The lowest BCUT2D eigenvalue weighted by Gasteiger charge is -2.34. The zero-order valence-electron chi connectivity index (χ0n) is 26.6. The molecule has 248 valence electrons. The van der Waals surface area contributed by atoms with Gasteiger partial charge in [-0.2, -0.15) is 13.2 Å². The minimum Gasteiger partial charge on any atom is -0.458 e. The van der Waals surface area contributed by atoms with Crippen LogP contribution in [0.25, 0.3) is 16.6 Å². The highest BCUT2D eigenvalue weighted by molar-refractivity contribution is 7.13. The first kappa shape index (κ1) is 35.1. The number of esters is 1. The number of carbonyl (C=O) groups is 2. The van der Waals surface area contributed by atoms with E-state index in [0.717, 1.165) is 25.3 Å². The fourth-order valence-corrected chi connectivity index (χ4v) is 6.96. The maximum atomic E-state index is 13.4. The van der Waals surface area contributed by atoms with E-state index in [1.807, 2.05) is 6.92 Å². The third-order valence-electron chi connectivity index (χ3n) is 9.62. The number of ether oxygens (including phenoxy) is 1. The molecule has 2 saturated heterocycles. The lowest BCUT2D eigenvalue weighted by atomic mass is 9.73. The van der Waals surface area contributed by atoms with E-state index >= 15 is 0 Å². The summed E-state index contributed by atoms with van der Waals surface area (Å²) in [6.07, 6.45) is -3.27. The van der Waals surface area contributed by atoms with Crippen LogP contribution in [0.2, 0.25) is 0 Å². The maximum absolute atomic E-state index is 13.4. The number of aliphatic hydroxyl groups excluding tert-OH is 2. The number of ketones is 1. The summed E-state index contributed by atoms with van der Waals surface area (Å²) >= 11 is 1.19. The minimum atomic E-state index is -4.59. The number of alkyl halides is 3. The van der Waals surface area contributed by atoms with Gasteiger partial charge in [-0.15, -0.1) is 11.3 Å². The SMILES string of the molecule is C/C(=C\c1csc(-c2ccc(N)c(C(F)(F)F)c2)n1)[C@@H]1C[C@@H]2N[C@]2(C)CCC[C@H](C)[C@H](O)[C@@H](C)C(=O)C(C)(C)[C@@H](O)CC(=O)O1. The van der Waals surface area contributed by atoms with Gasteiger partial charge in [-0.25, -0.2) is 4.98 Å². The second-order valence-electron chi connectivity index (χ2n) is 13.5. The van der Waals surface area contributed by atoms with Gasteiger partial charge in [-0.3, -0.25) is 9.59 Å². The van der Waals surface area contributed by atoms with E-state index in [0.29, 0.717) is 22.7 Å². The van der Waals surface area contributed by atoms with Gasteiger partial charge in [0.15, 0.2) is 0 Å². The highest BCUT2D eigenvalue weighted by Gasteiger charge is 2.50. The number of Topliss-reactive ketones (excluding diaryl/α,β-unsaturated/α-hetero) is 1. The van der Waals surface area contributed by atoms with Gasteiger partial charge < -0.3 is 26.0 Å². The average Bonchev–Trinajstić information content (AvgIpc) is 3.34. The number of benzene rings is 1. The summed E-state index contributed by atoms with van der Waals surface area (Å²) in [5.41, 5.74) is 4.26. The fourth-order valence-electron chi connectivity index (χ4n) is 6.19. The predicted molar refractivity (Wildman–Crippen MR) is 168 cm³/mol. The van der Waals surface area contributed by atoms with Gasteiger partial charge in [0, 0.05) is 40.6 Å². The summed E-state index contributed by atoms with van der Waals surface area (Å²) in [6.45, 7) is 10.6. The Morgan fingerprint density at radius 2 is 1.89 bits per heavy atom. The van der Waals surface area contributed by atoms with Crippen molar-refractivity contribution in [1.29, 1.82) is 0 Å². The molecule has 45 heavy (non-hydrogen) atoms. The Kier molecular flexibility index (Phi) is 10.2. The van der Waals surface area contributed by atoms with E-state index in [1.165, 1.54) is 23.5 Å². The summed E-state index contributed by atoms with van der Waals surface area (Å²) in [4.78, 5) is 31.0. The Hall–Kier alpha value is -2.80. The molecule has 8 nitrogen and oxygen atoms in total. The van der Waals surface area contributed by atoms with Gasteiger partial charge >= 0.3 is 12.1 Å². The van der Waals surface area contributed by atoms with E-state index < -0.39 is 53.8 Å². The number of nitrogen functional groups attached to an aromatic ring is 1. The van der Waals surface area contributed by atoms with Crippen molar-refractivity contribution in [2.24, 2.45) is 17.3 Å². The number of hydrogen-bond donors (Lipinski definition) is 4. The highest BCUT2D eigenvalue weighted by Crippen LogP contribution is 2.40. The molecule has 4 rings (SSSR count). The molecule has 5 N–H and O–H groups in total. The quantitative estimate of drug-likeness (QED) is 0.179. The van der Waals surface area contributed by atoms with Crippen LogP contribution >= 0.6 is 11.3 Å². The number of aliphatic hydroxyl groups is 2. The summed E-state index contributed by atoms with van der Waals surface area (Å²) in [5.74, 6) is -1.83. The maximum Gasteiger partial charge on any atom is 0.418 e. The van der Waals surface area contributed by atoms with Crippen LogP contribution in [0.5, 0.6) is 0 Å². The van der Waals surface area contributed by atoms with Crippen molar-refractivity contribution >= 4 is 34.9 Å². The highest BCUT2D eigenvalue weighted by atomic mass is 32.1. The normalized spacial score (nSPS) is 32.1. The number of anilines is 1. The molecule has 1 aromatic carbocycles. The standard InChI is InChI=1S/C33H44F3N3O5S/c1-17-8-7-11-32(6)25(39-32)14-24(44-27(41)15-26(40)31(4,5)29(43)19(3)28(17)42)18(2)12-21-16-45-30(38-21)20-9-10-23(37)22(13-20)33(34,35)36/h9-10,12-13,16-17,19,24-26,28,39-40,42H,7-8,11,14-15,37H2,1-6H3/b18-12+/t17-,19+,24-,25-,26-,28-,32+/m0/s1. The number of fused-ring (bicyclic) bond motifs is 1. The number of thiazole rings is 1. The summed E-state index contributed by atoms with van der Waals surface area (Å²) < 4.78 is 46.1. The molecule has 2 fully saturated rings. The molecule has 2 aliphatic heterocycles. The molecular formula is C33H44F3N3O5S. The Morgan fingerprint density at radius 1 is 1.20 bits per heavy atom. The molecule has 2 aliphatic rings. The Labute approximate surface area is 266 Å².